The lowest BCUT2D eigenvalue weighted by Gasteiger charge is -2.35. The van der Waals surface area contributed by atoms with Gasteiger partial charge in [0.1, 0.15) is 11.9 Å². The highest BCUT2D eigenvalue weighted by molar-refractivity contribution is 9.10. The molecular formula is C17H15BrN4O. The lowest BCUT2D eigenvalue weighted by molar-refractivity contribution is 0.0746. The van der Waals surface area contributed by atoms with E-state index in [-0.39, 0.29) is 5.91 Å². The van der Waals surface area contributed by atoms with Crippen LogP contribution in [-0.2, 0) is 0 Å². The predicted molar refractivity (Wildman–Crippen MR) is 91.2 cm³/mol. The van der Waals surface area contributed by atoms with Crippen LogP contribution in [0.25, 0.3) is 0 Å². The summed E-state index contributed by atoms with van der Waals surface area (Å²) in [5.74, 6) is 0.900. The van der Waals surface area contributed by atoms with Gasteiger partial charge in [-0.1, -0.05) is 22.0 Å². The van der Waals surface area contributed by atoms with Crippen LogP contribution >= 0.6 is 15.9 Å². The van der Waals surface area contributed by atoms with Crippen LogP contribution in [0.15, 0.2) is 47.1 Å². The number of nitrogens with zero attached hydrogens (tertiary/aromatic N) is 4. The van der Waals surface area contributed by atoms with Gasteiger partial charge in [0.05, 0.1) is 5.56 Å². The van der Waals surface area contributed by atoms with Gasteiger partial charge >= 0.3 is 0 Å². The molecule has 3 rings (SSSR count). The monoisotopic (exact) mass is 370 g/mol. The summed E-state index contributed by atoms with van der Waals surface area (Å²) in [4.78, 5) is 20.8. The fourth-order valence-corrected chi connectivity index (χ4v) is 2.98. The molecule has 0 aliphatic carbocycles. The van der Waals surface area contributed by atoms with Crippen molar-refractivity contribution in [1.82, 2.24) is 9.88 Å². The molecule has 1 aromatic carbocycles. The van der Waals surface area contributed by atoms with E-state index in [0.29, 0.717) is 24.2 Å². The van der Waals surface area contributed by atoms with E-state index in [2.05, 4.69) is 31.9 Å². The highest BCUT2D eigenvalue weighted by atomic mass is 79.9. The fourth-order valence-electron chi connectivity index (χ4n) is 2.58. The molecule has 0 atom stereocenters. The predicted octanol–water partition coefficient (Wildman–Crippen LogP) is 2.68. The quantitative estimate of drug-likeness (QED) is 0.815. The molecule has 0 saturated carbocycles. The molecule has 6 heteroatoms. The number of amides is 1. The van der Waals surface area contributed by atoms with E-state index in [0.717, 1.165) is 23.4 Å². The summed E-state index contributed by atoms with van der Waals surface area (Å²) >= 11 is 3.40. The van der Waals surface area contributed by atoms with Crippen LogP contribution in [-0.4, -0.2) is 42.0 Å². The number of nitriles is 1. The van der Waals surface area contributed by atoms with Crippen molar-refractivity contribution >= 4 is 27.7 Å². The van der Waals surface area contributed by atoms with E-state index in [1.165, 1.54) is 0 Å². The van der Waals surface area contributed by atoms with E-state index in [1.54, 1.807) is 12.3 Å². The van der Waals surface area contributed by atoms with Crippen LogP contribution in [0.5, 0.6) is 0 Å². The lowest BCUT2D eigenvalue weighted by atomic mass is 10.2. The second kappa shape index (κ2) is 6.80. The average molecular weight is 371 g/mol. The largest absolute Gasteiger partial charge is 0.353 e. The second-order valence-electron chi connectivity index (χ2n) is 5.31. The number of carbonyl (C=O) groups excluding carboxylic acids is 1. The summed E-state index contributed by atoms with van der Waals surface area (Å²) in [5, 5.41) is 8.81. The Morgan fingerprint density at radius 2 is 1.96 bits per heavy atom. The van der Waals surface area contributed by atoms with Gasteiger partial charge in [-0.2, -0.15) is 5.26 Å². The Bertz CT molecular complexity index is 746. The molecule has 0 bridgehead atoms. The van der Waals surface area contributed by atoms with E-state index >= 15 is 0 Å². The zero-order chi connectivity index (χ0) is 16.2. The minimum absolute atomic E-state index is 0.0544. The second-order valence-corrected chi connectivity index (χ2v) is 6.22. The van der Waals surface area contributed by atoms with Crippen molar-refractivity contribution < 1.29 is 4.79 Å². The van der Waals surface area contributed by atoms with Gasteiger partial charge in [0.25, 0.3) is 5.91 Å². The first kappa shape index (κ1) is 15.5. The van der Waals surface area contributed by atoms with Crippen LogP contribution in [0.1, 0.15) is 15.9 Å². The summed E-state index contributed by atoms with van der Waals surface area (Å²) in [5.41, 5.74) is 1.25. The average Bonchev–Trinajstić information content (AvgIpc) is 2.61. The molecule has 0 N–H and O–H groups in total. The first-order valence-corrected chi connectivity index (χ1v) is 8.12. The molecule has 1 amide bonds. The molecule has 2 aromatic rings. The van der Waals surface area contributed by atoms with E-state index < -0.39 is 0 Å². The number of hydrogen-bond donors (Lipinski definition) is 0. The molecular weight excluding hydrogens is 356 g/mol. The summed E-state index contributed by atoms with van der Waals surface area (Å²) in [6, 6.07) is 13.1. The van der Waals surface area contributed by atoms with Gasteiger partial charge in [0.15, 0.2) is 0 Å². The SMILES string of the molecule is N#Cc1ccc(N2CCN(C(=O)c3cccc(Br)c3)CC2)nc1. The molecule has 1 aliphatic rings. The van der Waals surface area contributed by atoms with Crippen molar-refractivity contribution in [2.24, 2.45) is 0 Å². The number of carbonyl (C=O) groups is 1. The number of halogens is 1. The topological polar surface area (TPSA) is 60.2 Å². The first-order chi connectivity index (χ1) is 11.2. The molecule has 1 aliphatic heterocycles. The molecule has 0 unspecified atom stereocenters. The Kier molecular flexibility index (Phi) is 4.58. The summed E-state index contributed by atoms with van der Waals surface area (Å²) in [7, 11) is 0. The Hall–Kier alpha value is -2.39. The highest BCUT2D eigenvalue weighted by Gasteiger charge is 2.22. The maximum absolute atomic E-state index is 12.5. The summed E-state index contributed by atoms with van der Waals surface area (Å²) in [6.07, 6.45) is 1.58. The van der Waals surface area contributed by atoms with E-state index in [4.69, 9.17) is 5.26 Å². The van der Waals surface area contributed by atoms with Gasteiger partial charge in [-0.3, -0.25) is 4.79 Å². The van der Waals surface area contributed by atoms with Crippen LogP contribution in [0.3, 0.4) is 0 Å². The Balaban J connectivity index is 1.64. The third-order valence-electron chi connectivity index (χ3n) is 3.84. The third-order valence-corrected chi connectivity index (χ3v) is 4.33. The number of hydrogen-bond acceptors (Lipinski definition) is 4. The number of aromatic nitrogens is 1. The lowest BCUT2D eigenvalue weighted by Crippen LogP contribution is -2.49. The molecule has 1 aromatic heterocycles. The number of piperazine rings is 1. The standard InChI is InChI=1S/C17H15BrN4O/c18-15-3-1-2-14(10-15)17(23)22-8-6-21(7-9-22)16-5-4-13(11-19)12-20-16/h1-5,10,12H,6-9H2. The van der Waals surface area contributed by atoms with Crippen LogP contribution < -0.4 is 4.90 Å². The van der Waals surface area contributed by atoms with Crippen molar-refractivity contribution in [3.05, 3.63) is 58.2 Å². The normalized spacial score (nSPS) is 14.4. The molecule has 2 heterocycles. The number of pyridine rings is 1. The molecule has 0 radical (unpaired) electrons. The van der Waals surface area contributed by atoms with E-state index in [1.807, 2.05) is 35.2 Å². The fraction of sp³-hybridized carbons (Fsp3) is 0.235. The van der Waals surface area contributed by atoms with Crippen LogP contribution in [0.2, 0.25) is 0 Å². The zero-order valence-corrected chi connectivity index (χ0v) is 14.0. The van der Waals surface area contributed by atoms with Crippen molar-refractivity contribution in [2.75, 3.05) is 31.1 Å². The Morgan fingerprint density at radius 3 is 2.57 bits per heavy atom. The Labute approximate surface area is 143 Å². The number of rotatable bonds is 2. The van der Waals surface area contributed by atoms with Gasteiger partial charge in [-0.05, 0) is 30.3 Å². The van der Waals surface area contributed by atoms with Gasteiger partial charge in [-0.15, -0.1) is 0 Å². The number of benzene rings is 1. The first-order valence-electron chi connectivity index (χ1n) is 7.33. The summed E-state index contributed by atoms with van der Waals surface area (Å²) in [6.45, 7) is 2.79. The number of anilines is 1. The minimum atomic E-state index is 0.0544. The maximum Gasteiger partial charge on any atom is 0.254 e. The summed E-state index contributed by atoms with van der Waals surface area (Å²) < 4.78 is 0.906. The van der Waals surface area contributed by atoms with Crippen molar-refractivity contribution in [2.45, 2.75) is 0 Å². The zero-order valence-electron chi connectivity index (χ0n) is 12.4. The molecule has 0 spiro atoms. The van der Waals surface area contributed by atoms with Gasteiger partial charge < -0.3 is 9.80 Å². The van der Waals surface area contributed by atoms with Gasteiger partial charge in [0.2, 0.25) is 0 Å². The van der Waals surface area contributed by atoms with Crippen molar-refractivity contribution in [3.63, 3.8) is 0 Å². The molecule has 5 nitrogen and oxygen atoms in total. The van der Waals surface area contributed by atoms with Gasteiger partial charge in [-0.25, -0.2) is 4.98 Å². The van der Waals surface area contributed by atoms with Crippen LogP contribution in [0, 0.1) is 11.3 Å². The third kappa shape index (κ3) is 3.51. The van der Waals surface area contributed by atoms with Crippen molar-refractivity contribution in [3.8, 4) is 6.07 Å². The molecule has 23 heavy (non-hydrogen) atoms. The highest BCUT2D eigenvalue weighted by Crippen LogP contribution is 2.17. The minimum Gasteiger partial charge on any atom is -0.353 e. The molecule has 1 saturated heterocycles. The molecule has 1 fully saturated rings. The van der Waals surface area contributed by atoms with Crippen molar-refractivity contribution in [1.29, 1.82) is 5.26 Å². The Morgan fingerprint density at radius 1 is 1.17 bits per heavy atom. The van der Waals surface area contributed by atoms with Crippen LogP contribution in [0.4, 0.5) is 5.82 Å². The van der Waals surface area contributed by atoms with E-state index in [9.17, 15) is 4.79 Å². The molecule has 116 valence electrons. The smallest absolute Gasteiger partial charge is 0.254 e. The maximum atomic E-state index is 12.5. The van der Waals surface area contributed by atoms with Gasteiger partial charge in [0, 0.05) is 42.4 Å².